The number of alkyl halides is 3. The molecule has 1 aromatic heterocycles. The summed E-state index contributed by atoms with van der Waals surface area (Å²) in [6.45, 7) is 0.374. The van der Waals surface area contributed by atoms with Crippen molar-refractivity contribution in [1.29, 1.82) is 5.26 Å². The molecular formula is C12H9Cl3N4S. The van der Waals surface area contributed by atoms with Gasteiger partial charge in [-0.25, -0.2) is 0 Å². The molecule has 0 aliphatic carbocycles. The molecule has 0 unspecified atom stereocenters. The van der Waals surface area contributed by atoms with Crippen LogP contribution in [0.25, 0.3) is 0 Å². The lowest BCUT2D eigenvalue weighted by molar-refractivity contribution is 0.766. The average Bonchev–Trinajstić information content (AvgIpc) is 2.78. The maximum absolute atomic E-state index is 9.02. The molecule has 0 saturated carbocycles. The molecule has 2 aromatic rings. The highest BCUT2D eigenvalue weighted by Gasteiger charge is 2.28. The van der Waals surface area contributed by atoms with Crippen molar-refractivity contribution in [3.63, 3.8) is 0 Å². The Morgan fingerprint density at radius 3 is 2.70 bits per heavy atom. The summed E-state index contributed by atoms with van der Waals surface area (Å²) >= 11 is 18.6. The third-order valence-corrected chi connectivity index (χ3v) is 3.93. The van der Waals surface area contributed by atoms with Crippen LogP contribution < -0.4 is 4.80 Å². The Morgan fingerprint density at radius 1 is 1.40 bits per heavy atom. The maximum Gasteiger partial charge on any atom is 0.249 e. The summed E-state index contributed by atoms with van der Waals surface area (Å²) in [5.74, 6) is 0.319. The second kappa shape index (κ2) is 6.15. The first-order valence-corrected chi connectivity index (χ1v) is 7.42. The molecule has 104 valence electrons. The van der Waals surface area contributed by atoms with Crippen LogP contribution in [-0.2, 0) is 17.4 Å². The quantitative estimate of drug-likeness (QED) is 0.783. The molecule has 20 heavy (non-hydrogen) atoms. The van der Waals surface area contributed by atoms with Crippen LogP contribution in [-0.4, -0.2) is 8.94 Å². The largest absolute Gasteiger partial charge is 0.304 e. The lowest BCUT2D eigenvalue weighted by Crippen LogP contribution is -2.18. The Labute approximate surface area is 135 Å². The molecule has 0 bridgehead atoms. The van der Waals surface area contributed by atoms with Crippen LogP contribution in [0.1, 0.15) is 17.0 Å². The molecule has 0 saturated heterocycles. The summed E-state index contributed by atoms with van der Waals surface area (Å²) < 4.78 is 4.14. The normalized spacial score (nSPS) is 12.4. The van der Waals surface area contributed by atoms with Gasteiger partial charge >= 0.3 is 0 Å². The summed E-state index contributed by atoms with van der Waals surface area (Å²) in [7, 11) is 1.73. The lowest BCUT2D eigenvalue weighted by atomic mass is 10.1. The first kappa shape index (κ1) is 15.3. The van der Waals surface area contributed by atoms with Crippen molar-refractivity contribution in [3.05, 3.63) is 46.0 Å². The zero-order chi connectivity index (χ0) is 14.8. The first-order valence-electron chi connectivity index (χ1n) is 5.52. The van der Waals surface area contributed by atoms with Gasteiger partial charge in [0, 0.05) is 18.6 Å². The highest BCUT2D eigenvalue weighted by molar-refractivity contribution is 7.02. The number of nitrogens with zero attached hydrogens (tertiary/aromatic N) is 4. The van der Waals surface area contributed by atoms with Gasteiger partial charge in [-0.2, -0.15) is 9.64 Å². The van der Waals surface area contributed by atoms with Crippen molar-refractivity contribution >= 4 is 46.3 Å². The second-order valence-electron chi connectivity index (χ2n) is 3.93. The van der Waals surface area contributed by atoms with E-state index in [-0.39, 0.29) is 0 Å². The molecular weight excluding hydrogens is 339 g/mol. The fourth-order valence-electron chi connectivity index (χ4n) is 1.59. The van der Waals surface area contributed by atoms with Gasteiger partial charge in [0.1, 0.15) is 0 Å². The first-order chi connectivity index (χ1) is 9.43. The monoisotopic (exact) mass is 346 g/mol. The van der Waals surface area contributed by atoms with E-state index in [0.717, 1.165) is 17.1 Å². The summed E-state index contributed by atoms with van der Waals surface area (Å²) in [5.41, 5.74) is 1.45. The number of halogens is 3. The van der Waals surface area contributed by atoms with Crippen LogP contribution in [0.2, 0.25) is 0 Å². The Kier molecular flexibility index (Phi) is 4.71. The molecule has 4 nitrogen and oxygen atoms in total. The van der Waals surface area contributed by atoms with E-state index >= 15 is 0 Å². The fraction of sp³-hybridized carbons (Fsp3) is 0.250. The third-order valence-electron chi connectivity index (χ3n) is 2.59. The van der Waals surface area contributed by atoms with Crippen molar-refractivity contribution < 1.29 is 0 Å². The molecule has 0 N–H and O–H groups in total. The van der Waals surface area contributed by atoms with E-state index in [1.54, 1.807) is 17.7 Å². The zero-order valence-corrected chi connectivity index (χ0v) is 13.4. The predicted octanol–water partition coefficient (Wildman–Crippen LogP) is 3.28. The van der Waals surface area contributed by atoms with Crippen molar-refractivity contribution in [2.75, 3.05) is 0 Å². The number of hydrogen-bond donors (Lipinski definition) is 0. The minimum Gasteiger partial charge on any atom is -0.304 e. The Hall–Kier alpha value is -1.06. The van der Waals surface area contributed by atoms with Crippen LogP contribution in [0.4, 0.5) is 0 Å². The van der Waals surface area contributed by atoms with Crippen LogP contribution in [0.3, 0.4) is 0 Å². The summed E-state index contributed by atoms with van der Waals surface area (Å²) in [6.07, 6.45) is 0. The number of benzene rings is 1. The molecule has 1 aromatic carbocycles. The highest BCUT2D eigenvalue weighted by Crippen LogP contribution is 2.36. The van der Waals surface area contributed by atoms with Gasteiger partial charge in [-0.1, -0.05) is 53.0 Å². The molecule has 1 heterocycles. The molecule has 0 amide bonds. The summed E-state index contributed by atoms with van der Waals surface area (Å²) in [4.78, 5) is 5.03. The Morgan fingerprint density at radius 2 is 2.10 bits per heavy atom. The van der Waals surface area contributed by atoms with E-state index in [2.05, 4.69) is 15.4 Å². The topological polar surface area (TPSA) is 54.0 Å². The van der Waals surface area contributed by atoms with E-state index in [4.69, 9.17) is 40.1 Å². The lowest BCUT2D eigenvalue weighted by Gasteiger charge is -2.08. The molecule has 0 aliphatic heterocycles. The molecule has 2 rings (SSSR count). The molecule has 0 aliphatic rings. The summed E-state index contributed by atoms with van der Waals surface area (Å²) in [5, 5.41) is 9.02. The predicted molar refractivity (Wildman–Crippen MR) is 80.7 cm³/mol. The minimum atomic E-state index is -1.58. The summed E-state index contributed by atoms with van der Waals surface area (Å²) in [6, 6.07) is 9.43. The average molecular weight is 348 g/mol. The van der Waals surface area contributed by atoms with Gasteiger partial charge in [0.15, 0.2) is 5.82 Å². The van der Waals surface area contributed by atoms with Crippen molar-refractivity contribution in [2.45, 2.75) is 10.3 Å². The van der Waals surface area contributed by atoms with Gasteiger partial charge in [-0.3, -0.25) is 4.99 Å². The van der Waals surface area contributed by atoms with Gasteiger partial charge < -0.3 is 4.57 Å². The van der Waals surface area contributed by atoms with E-state index in [9.17, 15) is 0 Å². The highest BCUT2D eigenvalue weighted by atomic mass is 35.6. The van der Waals surface area contributed by atoms with Crippen molar-refractivity contribution in [2.24, 2.45) is 12.0 Å². The molecule has 0 spiro atoms. The standard InChI is InChI=1S/C12H9Cl3N4S/c1-19-10(12(13,14)15)18-20-11(19)17-7-9-5-3-2-4-8(9)6-16/h2-5H,7H2,1H3. The van der Waals surface area contributed by atoms with Gasteiger partial charge in [0.2, 0.25) is 8.59 Å². The maximum atomic E-state index is 9.02. The van der Waals surface area contributed by atoms with Crippen LogP contribution in [0.5, 0.6) is 0 Å². The molecule has 8 heteroatoms. The molecule has 0 fully saturated rings. The Bertz CT molecular complexity index is 721. The third kappa shape index (κ3) is 3.33. The molecule has 0 radical (unpaired) electrons. The zero-order valence-electron chi connectivity index (χ0n) is 10.3. The molecule has 0 atom stereocenters. The van der Waals surface area contributed by atoms with Crippen LogP contribution in [0, 0.1) is 11.3 Å². The minimum absolute atomic E-state index is 0.319. The second-order valence-corrected chi connectivity index (χ2v) is 6.94. The van der Waals surface area contributed by atoms with Crippen LogP contribution in [0.15, 0.2) is 29.3 Å². The fourth-order valence-corrected chi connectivity index (χ4v) is 3.01. The smallest absolute Gasteiger partial charge is 0.249 e. The van der Waals surface area contributed by atoms with E-state index in [1.165, 1.54) is 0 Å². The number of aromatic nitrogens is 2. The number of nitriles is 1. The van der Waals surface area contributed by atoms with Gasteiger partial charge in [0.05, 0.1) is 18.2 Å². The van der Waals surface area contributed by atoms with Crippen LogP contribution >= 0.6 is 46.3 Å². The van der Waals surface area contributed by atoms with E-state index in [0.29, 0.717) is 22.7 Å². The van der Waals surface area contributed by atoms with E-state index < -0.39 is 3.79 Å². The van der Waals surface area contributed by atoms with Crippen molar-refractivity contribution in [1.82, 2.24) is 8.94 Å². The van der Waals surface area contributed by atoms with Crippen molar-refractivity contribution in [3.8, 4) is 6.07 Å². The van der Waals surface area contributed by atoms with Gasteiger partial charge in [0.25, 0.3) is 0 Å². The number of hydrogen-bond acceptors (Lipinski definition) is 4. The van der Waals surface area contributed by atoms with E-state index in [1.807, 2.05) is 18.2 Å². The SMILES string of the molecule is Cn1c(C(Cl)(Cl)Cl)nsc1=NCc1ccccc1C#N. The van der Waals surface area contributed by atoms with Gasteiger partial charge in [-0.15, -0.1) is 0 Å². The van der Waals surface area contributed by atoms with Gasteiger partial charge in [-0.05, 0) is 11.6 Å². The number of rotatable bonds is 2. The Balaban J connectivity index is 2.34.